The first-order chi connectivity index (χ1) is 13.1. The summed E-state index contributed by atoms with van der Waals surface area (Å²) in [6, 6.07) is 17.9. The number of carbonyl (C=O) groups excluding carboxylic acids is 1. The molecule has 5 heteroatoms. The highest BCUT2D eigenvalue weighted by atomic mass is 16.2. The van der Waals surface area contributed by atoms with Crippen LogP contribution in [0.2, 0.25) is 0 Å². The minimum Gasteiger partial charge on any atom is -0.340 e. The second kappa shape index (κ2) is 8.45. The molecule has 0 atom stereocenters. The maximum atomic E-state index is 12.9. The van der Waals surface area contributed by atoms with E-state index in [1.54, 1.807) is 11.0 Å². The van der Waals surface area contributed by atoms with Gasteiger partial charge in [0.2, 0.25) is 0 Å². The largest absolute Gasteiger partial charge is 0.340 e. The monoisotopic (exact) mass is 360 g/mol. The van der Waals surface area contributed by atoms with E-state index in [1.165, 1.54) is 6.33 Å². The average molecular weight is 360 g/mol. The number of aromatic nitrogens is 2. The van der Waals surface area contributed by atoms with Gasteiger partial charge in [-0.3, -0.25) is 4.79 Å². The molecule has 2 aromatic carbocycles. The van der Waals surface area contributed by atoms with E-state index in [0.29, 0.717) is 24.6 Å². The van der Waals surface area contributed by atoms with E-state index in [0.717, 1.165) is 22.4 Å². The van der Waals surface area contributed by atoms with E-state index >= 15 is 0 Å². The molecule has 0 spiro atoms. The molecule has 0 unspecified atom stereocenters. The average Bonchev–Trinajstić information content (AvgIpc) is 2.69. The third kappa shape index (κ3) is 4.70. The molecule has 138 valence electrons. The van der Waals surface area contributed by atoms with E-state index < -0.39 is 0 Å². The highest BCUT2D eigenvalue weighted by Crippen LogP contribution is 2.21. The van der Waals surface area contributed by atoms with E-state index in [-0.39, 0.29) is 5.91 Å². The van der Waals surface area contributed by atoms with Crippen LogP contribution in [-0.4, -0.2) is 27.3 Å². The first-order valence-electron chi connectivity index (χ1n) is 9.06. The van der Waals surface area contributed by atoms with Crippen molar-refractivity contribution in [1.82, 2.24) is 14.9 Å². The minimum absolute atomic E-state index is 0.104. The lowest BCUT2D eigenvalue weighted by molar-refractivity contribution is 0.0746. The Morgan fingerprint density at radius 2 is 1.81 bits per heavy atom. The molecule has 0 fully saturated rings. The summed E-state index contributed by atoms with van der Waals surface area (Å²) in [5.74, 6) is 0.505. The normalized spacial score (nSPS) is 10.5. The molecule has 1 N–H and O–H groups in total. The number of nitrogens with zero attached hydrogens (tertiary/aromatic N) is 3. The van der Waals surface area contributed by atoms with Gasteiger partial charge in [-0.05, 0) is 43.5 Å². The summed E-state index contributed by atoms with van der Waals surface area (Å²) in [5.41, 5.74) is 4.73. The molecule has 27 heavy (non-hydrogen) atoms. The molecule has 0 radical (unpaired) electrons. The van der Waals surface area contributed by atoms with Crippen molar-refractivity contribution in [2.75, 3.05) is 11.9 Å². The molecule has 5 nitrogen and oxygen atoms in total. The molecule has 3 aromatic rings. The number of aryl methyl sites for hydroxylation is 2. The summed E-state index contributed by atoms with van der Waals surface area (Å²) in [5, 5.41) is 3.29. The topological polar surface area (TPSA) is 58.1 Å². The fourth-order valence-corrected chi connectivity index (χ4v) is 2.84. The third-order valence-corrected chi connectivity index (χ3v) is 4.43. The molecule has 1 amide bonds. The van der Waals surface area contributed by atoms with Gasteiger partial charge in [0.05, 0.1) is 0 Å². The van der Waals surface area contributed by atoms with Crippen LogP contribution in [0, 0.1) is 13.8 Å². The lowest BCUT2D eigenvalue weighted by Crippen LogP contribution is -2.31. The van der Waals surface area contributed by atoms with Gasteiger partial charge in [0.1, 0.15) is 17.8 Å². The van der Waals surface area contributed by atoms with Crippen LogP contribution in [0.5, 0.6) is 0 Å². The van der Waals surface area contributed by atoms with Gasteiger partial charge < -0.3 is 10.2 Å². The van der Waals surface area contributed by atoms with E-state index in [9.17, 15) is 4.79 Å². The number of benzene rings is 2. The lowest BCUT2D eigenvalue weighted by atomic mass is 10.1. The first-order valence-corrected chi connectivity index (χ1v) is 9.06. The molecule has 0 bridgehead atoms. The van der Waals surface area contributed by atoms with Gasteiger partial charge in [-0.25, -0.2) is 9.97 Å². The first kappa shape index (κ1) is 18.6. The molecule has 1 aromatic heterocycles. The molecule has 0 saturated carbocycles. The Bertz CT molecular complexity index is 925. The van der Waals surface area contributed by atoms with Gasteiger partial charge in [0.15, 0.2) is 0 Å². The Morgan fingerprint density at radius 1 is 1.04 bits per heavy atom. The molecule has 0 aliphatic rings. The smallest absolute Gasteiger partial charge is 0.272 e. The molecule has 3 rings (SSSR count). The maximum Gasteiger partial charge on any atom is 0.272 e. The number of nitrogens with one attached hydrogen (secondary N) is 1. The highest BCUT2D eigenvalue weighted by molar-refractivity contribution is 5.93. The molecule has 1 heterocycles. The van der Waals surface area contributed by atoms with Crippen LogP contribution in [-0.2, 0) is 6.54 Å². The van der Waals surface area contributed by atoms with Crippen LogP contribution in [0.1, 0.15) is 34.1 Å². The van der Waals surface area contributed by atoms with Gasteiger partial charge in [0.25, 0.3) is 5.91 Å². The Hall–Kier alpha value is -3.21. The number of hydrogen-bond donors (Lipinski definition) is 1. The zero-order valence-electron chi connectivity index (χ0n) is 15.9. The zero-order chi connectivity index (χ0) is 19.2. The SMILES string of the molecule is CCN(Cc1ccccc1)C(=O)c1cc(Nc2cc(C)ccc2C)ncn1. The summed E-state index contributed by atoms with van der Waals surface area (Å²) < 4.78 is 0. The van der Waals surface area contributed by atoms with Crippen LogP contribution in [0.15, 0.2) is 60.9 Å². The van der Waals surface area contributed by atoms with Crippen molar-refractivity contribution in [3.63, 3.8) is 0 Å². The standard InChI is InChI=1S/C22H24N4O/c1-4-26(14-18-8-6-5-7-9-18)22(27)20-13-21(24-15-23-20)25-19-12-16(2)10-11-17(19)3/h5-13,15H,4,14H2,1-3H3,(H,23,24,25). The third-order valence-electron chi connectivity index (χ3n) is 4.43. The van der Waals surface area contributed by atoms with E-state index in [4.69, 9.17) is 0 Å². The molecule has 0 aliphatic carbocycles. The lowest BCUT2D eigenvalue weighted by Gasteiger charge is -2.20. The predicted molar refractivity (Wildman–Crippen MR) is 108 cm³/mol. The zero-order valence-corrected chi connectivity index (χ0v) is 15.9. The minimum atomic E-state index is -0.104. The highest BCUT2D eigenvalue weighted by Gasteiger charge is 2.17. The summed E-state index contributed by atoms with van der Waals surface area (Å²) in [6.45, 7) is 7.21. The Labute approximate surface area is 160 Å². The van der Waals surface area contributed by atoms with Crippen LogP contribution in [0.3, 0.4) is 0 Å². The quantitative estimate of drug-likeness (QED) is 0.703. The summed E-state index contributed by atoms with van der Waals surface area (Å²) in [6.07, 6.45) is 1.43. The fourth-order valence-electron chi connectivity index (χ4n) is 2.84. The molecule has 0 saturated heterocycles. The van der Waals surface area contributed by atoms with Gasteiger partial charge >= 0.3 is 0 Å². The van der Waals surface area contributed by atoms with Crippen molar-refractivity contribution in [2.45, 2.75) is 27.3 Å². The van der Waals surface area contributed by atoms with E-state index in [1.807, 2.05) is 51.1 Å². The maximum absolute atomic E-state index is 12.9. The van der Waals surface area contributed by atoms with Gasteiger partial charge in [-0.2, -0.15) is 0 Å². The Morgan fingerprint density at radius 3 is 2.56 bits per heavy atom. The second-order valence-corrected chi connectivity index (χ2v) is 6.54. The fraction of sp³-hybridized carbons (Fsp3) is 0.227. The number of carbonyl (C=O) groups is 1. The summed E-state index contributed by atoms with van der Waals surface area (Å²) in [4.78, 5) is 23.1. The van der Waals surface area contributed by atoms with Crippen LogP contribution >= 0.6 is 0 Å². The van der Waals surface area contributed by atoms with Gasteiger partial charge in [-0.15, -0.1) is 0 Å². The number of amides is 1. The van der Waals surface area contributed by atoms with E-state index in [2.05, 4.69) is 33.5 Å². The second-order valence-electron chi connectivity index (χ2n) is 6.54. The van der Waals surface area contributed by atoms with Crippen molar-refractivity contribution in [3.05, 3.63) is 83.3 Å². The van der Waals surface area contributed by atoms with Crippen molar-refractivity contribution < 1.29 is 4.79 Å². The number of anilines is 2. The predicted octanol–water partition coefficient (Wildman–Crippen LogP) is 4.50. The van der Waals surface area contributed by atoms with Crippen LogP contribution in [0.4, 0.5) is 11.5 Å². The van der Waals surface area contributed by atoms with Gasteiger partial charge in [0, 0.05) is 24.8 Å². The molecule has 0 aliphatic heterocycles. The Kier molecular flexibility index (Phi) is 5.81. The molecular weight excluding hydrogens is 336 g/mol. The van der Waals surface area contributed by atoms with Crippen molar-refractivity contribution >= 4 is 17.4 Å². The van der Waals surface area contributed by atoms with Crippen molar-refractivity contribution in [3.8, 4) is 0 Å². The van der Waals surface area contributed by atoms with Crippen LogP contribution in [0.25, 0.3) is 0 Å². The van der Waals surface area contributed by atoms with Crippen LogP contribution < -0.4 is 5.32 Å². The van der Waals surface area contributed by atoms with Crippen molar-refractivity contribution in [2.24, 2.45) is 0 Å². The van der Waals surface area contributed by atoms with Crippen molar-refractivity contribution in [1.29, 1.82) is 0 Å². The number of hydrogen-bond acceptors (Lipinski definition) is 4. The summed E-state index contributed by atoms with van der Waals surface area (Å²) >= 11 is 0. The Balaban J connectivity index is 1.79. The number of rotatable bonds is 6. The summed E-state index contributed by atoms with van der Waals surface area (Å²) in [7, 11) is 0. The van der Waals surface area contributed by atoms with Gasteiger partial charge in [-0.1, -0.05) is 42.5 Å². The molecular formula is C22H24N4O.